The standard InChI is InChI=1S/C13H9ClFN3O/c1-8-4-12(14)18-13(17-8)7-19-10-3-2-9(6-16)11(15)5-10/h2-5H,7H2,1H3. The quantitative estimate of drug-likeness (QED) is 0.809. The van der Waals surface area contributed by atoms with Crippen LogP contribution < -0.4 is 4.74 Å². The molecule has 0 aliphatic carbocycles. The van der Waals surface area contributed by atoms with Gasteiger partial charge in [-0.05, 0) is 25.1 Å². The first-order chi connectivity index (χ1) is 9.08. The molecule has 6 heteroatoms. The van der Waals surface area contributed by atoms with E-state index < -0.39 is 5.82 Å². The molecule has 0 N–H and O–H groups in total. The molecular formula is C13H9ClFN3O. The van der Waals surface area contributed by atoms with Crippen LogP contribution in [0.3, 0.4) is 0 Å². The van der Waals surface area contributed by atoms with Crippen LogP contribution in [0.4, 0.5) is 4.39 Å². The Morgan fingerprint density at radius 1 is 1.37 bits per heavy atom. The summed E-state index contributed by atoms with van der Waals surface area (Å²) in [7, 11) is 0. The lowest BCUT2D eigenvalue weighted by Gasteiger charge is -2.06. The zero-order valence-electron chi connectivity index (χ0n) is 10.0. The molecule has 0 bridgehead atoms. The van der Waals surface area contributed by atoms with Gasteiger partial charge in [0.15, 0.2) is 5.82 Å². The Balaban J connectivity index is 2.10. The van der Waals surface area contributed by atoms with E-state index in [0.29, 0.717) is 16.7 Å². The third kappa shape index (κ3) is 3.39. The maximum Gasteiger partial charge on any atom is 0.167 e. The number of ether oxygens (including phenoxy) is 1. The fraction of sp³-hybridized carbons (Fsp3) is 0.154. The first-order valence-electron chi connectivity index (χ1n) is 5.41. The minimum absolute atomic E-state index is 0.0257. The smallest absolute Gasteiger partial charge is 0.167 e. The van der Waals surface area contributed by atoms with E-state index in [0.717, 1.165) is 11.8 Å². The molecule has 1 aromatic heterocycles. The second kappa shape index (κ2) is 5.63. The number of aryl methyl sites for hydroxylation is 1. The fourth-order valence-corrected chi connectivity index (χ4v) is 1.73. The van der Waals surface area contributed by atoms with Crippen molar-refractivity contribution in [2.75, 3.05) is 0 Å². The Labute approximate surface area is 114 Å². The van der Waals surface area contributed by atoms with Crippen LogP contribution in [0, 0.1) is 24.1 Å². The molecule has 2 aromatic rings. The van der Waals surface area contributed by atoms with Gasteiger partial charge in [0.2, 0.25) is 0 Å². The van der Waals surface area contributed by atoms with Crippen LogP contribution in [0.5, 0.6) is 5.75 Å². The molecule has 96 valence electrons. The first kappa shape index (κ1) is 13.2. The van der Waals surface area contributed by atoms with Crippen molar-refractivity contribution in [1.82, 2.24) is 9.97 Å². The van der Waals surface area contributed by atoms with Crippen molar-refractivity contribution < 1.29 is 9.13 Å². The highest BCUT2D eigenvalue weighted by Gasteiger charge is 2.05. The van der Waals surface area contributed by atoms with E-state index in [4.69, 9.17) is 21.6 Å². The number of halogens is 2. The maximum atomic E-state index is 13.3. The molecule has 0 saturated carbocycles. The van der Waals surface area contributed by atoms with Gasteiger partial charge in [-0.25, -0.2) is 14.4 Å². The number of hydrogen-bond donors (Lipinski definition) is 0. The predicted molar refractivity (Wildman–Crippen MR) is 67.2 cm³/mol. The summed E-state index contributed by atoms with van der Waals surface area (Å²) in [5, 5.41) is 8.94. The lowest BCUT2D eigenvalue weighted by atomic mass is 10.2. The summed E-state index contributed by atoms with van der Waals surface area (Å²) in [6.07, 6.45) is 0. The molecule has 0 fully saturated rings. The zero-order valence-corrected chi connectivity index (χ0v) is 10.8. The van der Waals surface area contributed by atoms with Crippen molar-refractivity contribution >= 4 is 11.6 Å². The average Bonchev–Trinajstić information content (AvgIpc) is 2.35. The second-order valence-corrected chi connectivity index (χ2v) is 4.18. The van der Waals surface area contributed by atoms with Gasteiger partial charge >= 0.3 is 0 Å². The van der Waals surface area contributed by atoms with Gasteiger partial charge in [0.25, 0.3) is 0 Å². The Morgan fingerprint density at radius 3 is 2.79 bits per heavy atom. The van der Waals surface area contributed by atoms with Gasteiger partial charge in [-0.2, -0.15) is 5.26 Å². The summed E-state index contributed by atoms with van der Waals surface area (Å²) in [6.45, 7) is 1.87. The van der Waals surface area contributed by atoms with E-state index in [1.54, 1.807) is 19.1 Å². The van der Waals surface area contributed by atoms with Gasteiger partial charge in [0, 0.05) is 11.8 Å². The molecule has 2 rings (SSSR count). The van der Waals surface area contributed by atoms with Crippen molar-refractivity contribution in [3.05, 3.63) is 52.3 Å². The molecule has 0 radical (unpaired) electrons. The Hall–Kier alpha value is -2.19. The molecule has 0 saturated heterocycles. The molecule has 0 atom stereocenters. The molecule has 19 heavy (non-hydrogen) atoms. The molecule has 1 aromatic carbocycles. The van der Waals surface area contributed by atoms with E-state index in [1.165, 1.54) is 12.1 Å². The number of nitriles is 1. The van der Waals surface area contributed by atoms with Crippen LogP contribution in [0.2, 0.25) is 5.15 Å². The monoisotopic (exact) mass is 277 g/mol. The van der Waals surface area contributed by atoms with Gasteiger partial charge in [0.1, 0.15) is 29.4 Å². The van der Waals surface area contributed by atoms with Crippen LogP contribution in [0.25, 0.3) is 0 Å². The van der Waals surface area contributed by atoms with Crippen LogP contribution in [-0.4, -0.2) is 9.97 Å². The zero-order chi connectivity index (χ0) is 13.8. The number of aromatic nitrogens is 2. The van der Waals surface area contributed by atoms with E-state index >= 15 is 0 Å². The van der Waals surface area contributed by atoms with E-state index in [9.17, 15) is 4.39 Å². The normalized spacial score (nSPS) is 10.0. The molecule has 0 spiro atoms. The molecule has 0 unspecified atom stereocenters. The van der Waals surface area contributed by atoms with Gasteiger partial charge < -0.3 is 4.74 Å². The summed E-state index contributed by atoms with van der Waals surface area (Å²) >= 11 is 5.79. The predicted octanol–water partition coefficient (Wildman–Crippen LogP) is 3.03. The third-order valence-corrected chi connectivity index (χ3v) is 2.49. The maximum absolute atomic E-state index is 13.3. The third-order valence-electron chi connectivity index (χ3n) is 2.30. The summed E-state index contributed by atoms with van der Waals surface area (Å²) in [5.41, 5.74) is 0.701. The minimum Gasteiger partial charge on any atom is -0.486 e. The van der Waals surface area contributed by atoms with Gasteiger partial charge in [0.05, 0.1) is 5.56 Å². The van der Waals surface area contributed by atoms with E-state index in [1.807, 2.05) is 0 Å². The molecule has 4 nitrogen and oxygen atoms in total. The second-order valence-electron chi connectivity index (χ2n) is 3.79. The molecule has 0 aliphatic heterocycles. The summed E-state index contributed by atoms with van der Waals surface area (Å²) in [6, 6.07) is 7.39. The van der Waals surface area contributed by atoms with Crippen LogP contribution in [0.15, 0.2) is 24.3 Å². The summed E-state index contributed by atoms with van der Waals surface area (Å²) < 4.78 is 18.7. The highest BCUT2D eigenvalue weighted by molar-refractivity contribution is 6.29. The SMILES string of the molecule is Cc1cc(Cl)nc(COc2ccc(C#N)c(F)c2)n1. The van der Waals surface area contributed by atoms with Crippen molar-refractivity contribution in [2.45, 2.75) is 13.5 Å². The Kier molecular flexibility index (Phi) is 3.93. The fourth-order valence-electron chi connectivity index (χ4n) is 1.48. The number of hydrogen-bond acceptors (Lipinski definition) is 4. The molecule has 1 heterocycles. The van der Waals surface area contributed by atoms with Crippen LogP contribution >= 0.6 is 11.6 Å². The minimum atomic E-state index is -0.622. The van der Waals surface area contributed by atoms with Crippen molar-refractivity contribution in [3.8, 4) is 11.8 Å². The van der Waals surface area contributed by atoms with E-state index in [-0.39, 0.29) is 12.2 Å². The Morgan fingerprint density at radius 2 is 2.16 bits per heavy atom. The van der Waals surface area contributed by atoms with E-state index in [2.05, 4.69) is 9.97 Å². The van der Waals surface area contributed by atoms with Crippen LogP contribution in [0.1, 0.15) is 17.1 Å². The average molecular weight is 278 g/mol. The van der Waals surface area contributed by atoms with Gasteiger partial charge in [-0.15, -0.1) is 0 Å². The Bertz CT molecular complexity index is 635. The number of benzene rings is 1. The molecular weight excluding hydrogens is 269 g/mol. The largest absolute Gasteiger partial charge is 0.486 e. The lowest BCUT2D eigenvalue weighted by molar-refractivity contribution is 0.294. The molecule has 0 aliphatic rings. The molecule has 0 amide bonds. The number of nitrogens with zero attached hydrogens (tertiary/aromatic N) is 3. The summed E-state index contributed by atoms with van der Waals surface area (Å²) in [4.78, 5) is 8.13. The van der Waals surface area contributed by atoms with Gasteiger partial charge in [-0.3, -0.25) is 0 Å². The lowest BCUT2D eigenvalue weighted by Crippen LogP contribution is -2.03. The van der Waals surface area contributed by atoms with Crippen molar-refractivity contribution in [2.24, 2.45) is 0 Å². The highest BCUT2D eigenvalue weighted by atomic mass is 35.5. The topological polar surface area (TPSA) is 58.8 Å². The number of rotatable bonds is 3. The van der Waals surface area contributed by atoms with Crippen molar-refractivity contribution in [1.29, 1.82) is 5.26 Å². The van der Waals surface area contributed by atoms with Gasteiger partial charge in [-0.1, -0.05) is 11.6 Å². The highest BCUT2D eigenvalue weighted by Crippen LogP contribution is 2.17. The first-order valence-corrected chi connectivity index (χ1v) is 5.79. The van der Waals surface area contributed by atoms with Crippen LogP contribution in [-0.2, 0) is 6.61 Å². The summed E-state index contributed by atoms with van der Waals surface area (Å²) in [5.74, 6) is 0.0932. The van der Waals surface area contributed by atoms with Crippen molar-refractivity contribution in [3.63, 3.8) is 0 Å².